The Morgan fingerprint density at radius 2 is 1.57 bits per heavy atom. The first-order valence-corrected chi connectivity index (χ1v) is 10.1. The normalized spacial score (nSPS) is 12.3. The molecule has 4 aromatic heterocycles. The Balaban J connectivity index is 1.91. The van der Waals surface area contributed by atoms with Crippen LogP contribution in [0.25, 0.3) is 58.5 Å². The first kappa shape index (κ1) is 14.5. The van der Waals surface area contributed by atoms with Gasteiger partial charge < -0.3 is 0 Å². The van der Waals surface area contributed by atoms with Crippen molar-refractivity contribution < 1.29 is 0 Å². The second-order valence-corrected chi connectivity index (χ2v) is 8.17. The molecule has 0 aliphatic heterocycles. The Kier molecular flexibility index (Phi) is 2.63. The molecule has 0 unspecified atom stereocenters. The van der Waals surface area contributed by atoms with Crippen molar-refractivity contribution in [2.24, 2.45) is 0 Å². The Morgan fingerprint density at radius 1 is 0.714 bits per heavy atom. The van der Waals surface area contributed by atoms with Crippen LogP contribution in [-0.4, -0.2) is 14.4 Å². The van der Waals surface area contributed by atoms with Crippen LogP contribution in [0.4, 0.5) is 0 Å². The topological polar surface area (TPSA) is 30.2 Å². The van der Waals surface area contributed by atoms with Crippen molar-refractivity contribution in [1.29, 1.82) is 0 Å². The van der Waals surface area contributed by atoms with Crippen LogP contribution in [0, 0.1) is 0 Å². The predicted octanol–water partition coefficient (Wildman–Crippen LogP) is 6.56. The molecule has 4 heteroatoms. The van der Waals surface area contributed by atoms with Gasteiger partial charge in [0.25, 0.3) is 0 Å². The molecule has 0 atom stereocenters. The summed E-state index contributed by atoms with van der Waals surface area (Å²) in [6.07, 6.45) is 3.82. The lowest BCUT2D eigenvalue weighted by Gasteiger charge is -2.09. The van der Waals surface area contributed by atoms with Crippen molar-refractivity contribution in [2.45, 2.75) is 0 Å². The fourth-order valence-electron chi connectivity index (χ4n) is 4.45. The maximum absolute atomic E-state index is 4.99. The van der Waals surface area contributed by atoms with Crippen molar-refractivity contribution in [3.8, 4) is 0 Å². The number of benzene rings is 3. The van der Waals surface area contributed by atoms with Crippen molar-refractivity contribution in [3.63, 3.8) is 0 Å². The number of hydrogen-bond donors (Lipinski definition) is 0. The number of nitrogens with zero attached hydrogens (tertiary/aromatic N) is 3. The third-order valence-electron chi connectivity index (χ3n) is 5.66. The minimum absolute atomic E-state index is 0.996. The molecular formula is C24H13N3S. The van der Waals surface area contributed by atoms with E-state index in [9.17, 15) is 0 Å². The second kappa shape index (κ2) is 5.06. The lowest BCUT2D eigenvalue weighted by molar-refractivity contribution is 1.31. The number of thiophene rings is 1. The van der Waals surface area contributed by atoms with Crippen LogP contribution in [0.5, 0.6) is 0 Å². The second-order valence-electron chi connectivity index (χ2n) is 7.12. The number of imidazole rings is 1. The fourth-order valence-corrected chi connectivity index (χ4v) is 5.69. The lowest BCUT2D eigenvalue weighted by atomic mass is 10.1. The molecule has 3 nitrogen and oxygen atoms in total. The molecule has 0 fully saturated rings. The zero-order chi connectivity index (χ0) is 18.2. The minimum Gasteiger partial charge on any atom is -0.290 e. The van der Waals surface area contributed by atoms with Gasteiger partial charge in [-0.3, -0.25) is 9.38 Å². The van der Waals surface area contributed by atoms with E-state index >= 15 is 0 Å². The highest BCUT2D eigenvalue weighted by molar-refractivity contribution is 7.26. The summed E-state index contributed by atoms with van der Waals surface area (Å²) in [6.45, 7) is 0. The molecule has 130 valence electrons. The molecule has 4 heterocycles. The van der Waals surface area contributed by atoms with Crippen LogP contribution < -0.4 is 0 Å². The highest BCUT2D eigenvalue weighted by atomic mass is 32.1. The summed E-state index contributed by atoms with van der Waals surface area (Å²) in [5.74, 6) is 0. The predicted molar refractivity (Wildman–Crippen MR) is 118 cm³/mol. The Morgan fingerprint density at radius 3 is 2.57 bits per heavy atom. The molecule has 28 heavy (non-hydrogen) atoms. The van der Waals surface area contributed by atoms with Crippen LogP contribution in [0.15, 0.2) is 79.1 Å². The molecule has 0 saturated heterocycles. The maximum Gasteiger partial charge on any atom is 0.146 e. The highest BCUT2D eigenvalue weighted by Crippen LogP contribution is 2.41. The first-order valence-electron chi connectivity index (χ1n) is 9.27. The molecule has 0 spiro atoms. The molecule has 0 amide bonds. The van der Waals surface area contributed by atoms with E-state index < -0.39 is 0 Å². The summed E-state index contributed by atoms with van der Waals surface area (Å²) in [7, 11) is 0. The SMILES string of the molecule is c1ccc2c(c1)nc1c3ccncc3c3ccc4c5ccccc5sc4c3n21. The van der Waals surface area contributed by atoms with E-state index in [4.69, 9.17) is 4.98 Å². The van der Waals surface area contributed by atoms with Crippen LogP contribution >= 0.6 is 11.3 Å². The van der Waals surface area contributed by atoms with Crippen LogP contribution in [0.3, 0.4) is 0 Å². The number of hydrogen-bond acceptors (Lipinski definition) is 3. The molecule has 0 aliphatic carbocycles. The number of rotatable bonds is 0. The molecular weight excluding hydrogens is 362 g/mol. The van der Waals surface area contributed by atoms with Gasteiger partial charge in [0.05, 0.1) is 21.3 Å². The molecule has 0 saturated carbocycles. The number of aromatic nitrogens is 3. The average Bonchev–Trinajstić information content (AvgIpc) is 3.32. The number of para-hydroxylation sites is 2. The molecule has 3 aromatic carbocycles. The fraction of sp³-hybridized carbons (Fsp3) is 0. The molecule has 0 radical (unpaired) electrons. The molecule has 0 N–H and O–H groups in total. The highest BCUT2D eigenvalue weighted by Gasteiger charge is 2.17. The van der Waals surface area contributed by atoms with E-state index in [2.05, 4.69) is 76.1 Å². The lowest BCUT2D eigenvalue weighted by Crippen LogP contribution is -1.92. The van der Waals surface area contributed by atoms with Crippen molar-refractivity contribution in [1.82, 2.24) is 14.4 Å². The first-order chi connectivity index (χ1) is 13.9. The van der Waals surface area contributed by atoms with Gasteiger partial charge in [-0.1, -0.05) is 42.5 Å². The van der Waals surface area contributed by atoms with E-state index in [1.165, 1.54) is 31.1 Å². The van der Waals surface area contributed by atoms with Crippen molar-refractivity contribution >= 4 is 69.9 Å². The maximum atomic E-state index is 4.99. The zero-order valence-corrected chi connectivity index (χ0v) is 15.6. The van der Waals surface area contributed by atoms with Gasteiger partial charge in [-0.25, -0.2) is 4.98 Å². The van der Waals surface area contributed by atoms with Gasteiger partial charge in [-0.15, -0.1) is 11.3 Å². The Labute approximate surface area is 163 Å². The van der Waals surface area contributed by atoms with E-state index in [-0.39, 0.29) is 0 Å². The summed E-state index contributed by atoms with van der Waals surface area (Å²) in [4.78, 5) is 9.41. The van der Waals surface area contributed by atoms with Crippen molar-refractivity contribution in [2.75, 3.05) is 0 Å². The smallest absolute Gasteiger partial charge is 0.146 e. The van der Waals surface area contributed by atoms with E-state index in [0.717, 1.165) is 27.5 Å². The average molecular weight is 375 g/mol. The van der Waals surface area contributed by atoms with Gasteiger partial charge >= 0.3 is 0 Å². The van der Waals surface area contributed by atoms with Crippen LogP contribution in [0.2, 0.25) is 0 Å². The van der Waals surface area contributed by atoms with Gasteiger partial charge in [-0.05, 0) is 24.3 Å². The van der Waals surface area contributed by atoms with Gasteiger partial charge in [0.1, 0.15) is 5.65 Å². The Hall–Kier alpha value is -3.50. The molecule has 7 aromatic rings. The summed E-state index contributed by atoms with van der Waals surface area (Å²) in [5.41, 5.74) is 4.39. The standard InChI is InChI=1S/C24H13N3S/c1-4-8-21-14(5-1)16-10-9-15-18-13-25-12-11-17(18)24-26-19-6-2-3-7-20(19)27(24)22(15)23(16)28-21/h1-13H. The van der Waals surface area contributed by atoms with Gasteiger partial charge in [-0.2, -0.15) is 0 Å². The van der Waals surface area contributed by atoms with Gasteiger partial charge in [0.15, 0.2) is 0 Å². The largest absolute Gasteiger partial charge is 0.290 e. The molecule has 0 bridgehead atoms. The summed E-state index contributed by atoms with van der Waals surface area (Å²) in [6, 6.07) is 23.6. The Bertz CT molecular complexity index is 1720. The van der Waals surface area contributed by atoms with E-state index in [0.29, 0.717) is 0 Å². The quantitative estimate of drug-likeness (QED) is 0.281. The number of pyridine rings is 2. The number of fused-ring (bicyclic) bond motifs is 12. The minimum atomic E-state index is 0.996. The molecule has 0 aliphatic rings. The van der Waals surface area contributed by atoms with Crippen LogP contribution in [-0.2, 0) is 0 Å². The monoisotopic (exact) mass is 375 g/mol. The van der Waals surface area contributed by atoms with Crippen molar-refractivity contribution in [3.05, 3.63) is 79.1 Å². The van der Waals surface area contributed by atoms with E-state index in [1.54, 1.807) is 0 Å². The van der Waals surface area contributed by atoms with Gasteiger partial charge in [0, 0.05) is 44.0 Å². The van der Waals surface area contributed by atoms with Gasteiger partial charge in [0.2, 0.25) is 0 Å². The third-order valence-corrected chi connectivity index (χ3v) is 6.85. The zero-order valence-electron chi connectivity index (χ0n) is 14.8. The molecule has 7 rings (SSSR count). The summed E-state index contributed by atoms with van der Waals surface area (Å²) >= 11 is 1.86. The summed E-state index contributed by atoms with van der Waals surface area (Å²) < 4.78 is 4.96. The van der Waals surface area contributed by atoms with E-state index in [1.807, 2.05) is 23.7 Å². The summed E-state index contributed by atoms with van der Waals surface area (Å²) in [5, 5.41) is 6.13. The third kappa shape index (κ3) is 1.69. The van der Waals surface area contributed by atoms with Crippen LogP contribution in [0.1, 0.15) is 0 Å².